The number of benzene rings is 1. The fourth-order valence-corrected chi connectivity index (χ4v) is 1.37. The normalized spacial score (nSPS) is 10.1. The summed E-state index contributed by atoms with van der Waals surface area (Å²) in [5.41, 5.74) is 0.305. The van der Waals surface area contributed by atoms with Crippen molar-refractivity contribution in [2.75, 3.05) is 0 Å². The Morgan fingerprint density at radius 3 is 2.72 bits per heavy atom. The average Bonchev–Trinajstić information content (AvgIpc) is 2.37. The van der Waals surface area contributed by atoms with Gasteiger partial charge in [-0.05, 0) is 12.1 Å². The van der Waals surface area contributed by atoms with Gasteiger partial charge in [0.1, 0.15) is 12.4 Å². The minimum atomic E-state index is -0.768. The number of aromatic nitrogens is 1. The zero-order valence-electron chi connectivity index (χ0n) is 9.27. The van der Waals surface area contributed by atoms with Crippen LogP contribution in [0, 0.1) is 11.8 Å². The van der Waals surface area contributed by atoms with Gasteiger partial charge in [0, 0.05) is 17.8 Å². The first-order valence-electron chi connectivity index (χ1n) is 5.19. The summed E-state index contributed by atoms with van der Waals surface area (Å²) < 4.78 is 30.9. The summed E-state index contributed by atoms with van der Waals surface area (Å²) >= 11 is 0. The molecular formula is C13H9F2NO2. The van der Waals surface area contributed by atoms with Gasteiger partial charge in [0.2, 0.25) is 5.95 Å². The second-order valence-electron chi connectivity index (χ2n) is 3.53. The second-order valence-corrected chi connectivity index (χ2v) is 3.53. The molecule has 0 saturated heterocycles. The largest absolute Gasteiger partial charge is 0.457 e. The van der Waals surface area contributed by atoms with Gasteiger partial charge in [-0.25, -0.2) is 14.2 Å². The van der Waals surface area contributed by atoms with Gasteiger partial charge in [0.05, 0.1) is 5.56 Å². The number of pyridine rings is 1. The van der Waals surface area contributed by atoms with Crippen LogP contribution in [0.4, 0.5) is 8.78 Å². The molecule has 0 aliphatic rings. The maximum atomic E-state index is 13.2. The van der Waals surface area contributed by atoms with E-state index in [9.17, 15) is 13.6 Å². The number of esters is 1. The lowest BCUT2D eigenvalue weighted by molar-refractivity contribution is 0.0468. The summed E-state index contributed by atoms with van der Waals surface area (Å²) in [6.07, 6.45) is 1.16. The lowest BCUT2D eigenvalue weighted by atomic mass is 10.2. The summed E-state index contributed by atoms with van der Waals surface area (Å²) in [6.45, 7) is -0.199. The average molecular weight is 249 g/mol. The molecule has 5 heteroatoms. The fourth-order valence-electron chi connectivity index (χ4n) is 1.37. The first-order valence-corrected chi connectivity index (χ1v) is 5.19. The van der Waals surface area contributed by atoms with Gasteiger partial charge in [0.25, 0.3) is 0 Å². The Labute approximate surface area is 102 Å². The van der Waals surface area contributed by atoms with Gasteiger partial charge >= 0.3 is 5.97 Å². The Balaban J connectivity index is 2.03. The third-order valence-electron chi connectivity index (χ3n) is 2.28. The van der Waals surface area contributed by atoms with Crippen LogP contribution in [-0.4, -0.2) is 11.0 Å². The van der Waals surface area contributed by atoms with Gasteiger partial charge in [-0.15, -0.1) is 0 Å². The van der Waals surface area contributed by atoms with Crippen molar-refractivity contribution >= 4 is 5.97 Å². The third kappa shape index (κ3) is 2.88. The molecule has 0 radical (unpaired) electrons. The van der Waals surface area contributed by atoms with Crippen molar-refractivity contribution in [2.45, 2.75) is 6.61 Å². The van der Waals surface area contributed by atoms with Crippen molar-refractivity contribution in [3.8, 4) is 0 Å². The molecule has 0 spiro atoms. The standard InChI is InChI=1S/C13H9F2NO2/c14-11-4-2-1-3-10(11)8-18-13(17)9-5-6-16-12(15)7-9/h1-7H,8H2. The van der Waals surface area contributed by atoms with Crippen molar-refractivity contribution in [1.82, 2.24) is 4.98 Å². The van der Waals surface area contributed by atoms with Crippen LogP contribution >= 0.6 is 0 Å². The van der Waals surface area contributed by atoms with Crippen LogP contribution in [0.1, 0.15) is 15.9 Å². The second kappa shape index (κ2) is 5.35. The first-order chi connectivity index (χ1) is 8.66. The van der Waals surface area contributed by atoms with Crippen LogP contribution < -0.4 is 0 Å². The lowest BCUT2D eigenvalue weighted by Crippen LogP contribution is -2.06. The van der Waals surface area contributed by atoms with Crippen molar-refractivity contribution in [1.29, 1.82) is 0 Å². The van der Waals surface area contributed by atoms with E-state index in [-0.39, 0.29) is 17.7 Å². The highest BCUT2D eigenvalue weighted by Crippen LogP contribution is 2.10. The molecule has 0 atom stereocenters. The van der Waals surface area contributed by atoms with Crippen molar-refractivity contribution in [2.24, 2.45) is 0 Å². The summed E-state index contributed by atoms with van der Waals surface area (Å²) in [4.78, 5) is 14.9. The van der Waals surface area contributed by atoms with Crippen LogP contribution in [0.15, 0.2) is 42.6 Å². The molecule has 0 N–H and O–H groups in total. The predicted octanol–water partition coefficient (Wildman–Crippen LogP) is 2.72. The van der Waals surface area contributed by atoms with E-state index in [1.165, 1.54) is 18.2 Å². The Bertz CT molecular complexity index is 572. The van der Waals surface area contributed by atoms with Gasteiger partial charge in [-0.1, -0.05) is 18.2 Å². The molecule has 18 heavy (non-hydrogen) atoms. The number of halogens is 2. The molecule has 1 aromatic heterocycles. The van der Waals surface area contributed by atoms with Crippen LogP contribution in [0.5, 0.6) is 0 Å². The predicted molar refractivity (Wildman–Crippen MR) is 59.7 cm³/mol. The van der Waals surface area contributed by atoms with Gasteiger partial charge in [-0.3, -0.25) is 0 Å². The Kier molecular flexibility index (Phi) is 3.62. The Morgan fingerprint density at radius 1 is 1.22 bits per heavy atom. The highest BCUT2D eigenvalue weighted by atomic mass is 19.1. The number of hydrogen-bond acceptors (Lipinski definition) is 3. The van der Waals surface area contributed by atoms with Crippen LogP contribution in [0.25, 0.3) is 0 Å². The molecule has 2 aromatic rings. The minimum absolute atomic E-state index is 0.0406. The maximum Gasteiger partial charge on any atom is 0.338 e. The molecule has 0 saturated carbocycles. The van der Waals surface area contributed by atoms with Crippen LogP contribution in [-0.2, 0) is 11.3 Å². The molecule has 0 amide bonds. The van der Waals surface area contributed by atoms with E-state index in [0.717, 1.165) is 12.3 Å². The highest BCUT2D eigenvalue weighted by molar-refractivity contribution is 5.89. The maximum absolute atomic E-state index is 13.2. The van der Waals surface area contributed by atoms with Gasteiger partial charge < -0.3 is 4.74 Å². The van der Waals surface area contributed by atoms with E-state index in [0.29, 0.717) is 0 Å². The molecule has 0 aliphatic heterocycles. The summed E-state index contributed by atoms with van der Waals surface area (Å²) in [7, 11) is 0. The molecule has 1 heterocycles. The van der Waals surface area contributed by atoms with Crippen molar-refractivity contribution in [3.63, 3.8) is 0 Å². The third-order valence-corrected chi connectivity index (χ3v) is 2.28. The smallest absolute Gasteiger partial charge is 0.338 e. The first kappa shape index (κ1) is 12.2. The van der Waals surface area contributed by atoms with Crippen LogP contribution in [0.2, 0.25) is 0 Å². The summed E-state index contributed by atoms with van der Waals surface area (Å²) in [6, 6.07) is 8.25. The lowest BCUT2D eigenvalue weighted by Gasteiger charge is -2.05. The van der Waals surface area contributed by atoms with E-state index in [1.54, 1.807) is 12.1 Å². The van der Waals surface area contributed by atoms with Crippen molar-refractivity contribution in [3.05, 3.63) is 65.5 Å². The monoisotopic (exact) mass is 249 g/mol. The minimum Gasteiger partial charge on any atom is -0.457 e. The van der Waals surface area contributed by atoms with E-state index >= 15 is 0 Å². The quantitative estimate of drug-likeness (QED) is 0.620. The fraction of sp³-hybridized carbons (Fsp3) is 0.0769. The molecule has 0 bridgehead atoms. The molecule has 0 unspecified atom stereocenters. The number of carbonyl (C=O) groups is 1. The SMILES string of the molecule is O=C(OCc1ccccc1F)c1ccnc(F)c1. The van der Waals surface area contributed by atoms with Gasteiger partial charge in [-0.2, -0.15) is 4.39 Å². The molecule has 2 rings (SSSR count). The zero-order valence-corrected chi connectivity index (χ0v) is 9.27. The number of nitrogens with zero attached hydrogens (tertiary/aromatic N) is 1. The summed E-state index contributed by atoms with van der Waals surface area (Å²) in [5.74, 6) is -1.94. The van der Waals surface area contributed by atoms with Crippen molar-refractivity contribution < 1.29 is 18.3 Å². The number of ether oxygens (including phenoxy) is 1. The molecule has 92 valence electrons. The van der Waals surface area contributed by atoms with E-state index < -0.39 is 17.7 Å². The summed E-state index contributed by atoms with van der Waals surface area (Å²) in [5, 5.41) is 0. The molecular weight excluding hydrogens is 240 g/mol. The van der Waals surface area contributed by atoms with E-state index in [4.69, 9.17) is 4.74 Å². The molecule has 3 nitrogen and oxygen atoms in total. The topological polar surface area (TPSA) is 39.2 Å². The van der Waals surface area contributed by atoms with Crippen LogP contribution in [0.3, 0.4) is 0 Å². The number of carbonyl (C=O) groups excluding carboxylic acids is 1. The van der Waals surface area contributed by atoms with E-state index in [2.05, 4.69) is 4.98 Å². The zero-order chi connectivity index (χ0) is 13.0. The highest BCUT2D eigenvalue weighted by Gasteiger charge is 2.10. The van der Waals surface area contributed by atoms with Gasteiger partial charge in [0.15, 0.2) is 0 Å². The molecule has 0 fully saturated rings. The van der Waals surface area contributed by atoms with E-state index in [1.807, 2.05) is 0 Å². The molecule has 0 aliphatic carbocycles. The Hall–Kier alpha value is -2.30. The number of hydrogen-bond donors (Lipinski definition) is 0. The molecule has 1 aromatic carbocycles. The number of rotatable bonds is 3. The Morgan fingerprint density at radius 2 is 2.00 bits per heavy atom.